The highest BCUT2D eigenvalue weighted by Crippen LogP contribution is 2.34. The second-order valence-electron chi connectivity index (χ2n) is 12.3. The van der Waals surface area contributed by atoms with Gasteiger partial charge in [0.05, 0.1) is 12.5 Å². The summed E-state index contributed by atoms with van der Waals surface area (Å²) < 4.78 is 44.3. The molecule has 4 rings (SSSR count). The smallest absolute Gasteiger partial charge is 0.305 e. The van der Waals surface area contributed by atoms with Gasteiger partial charge in [-0.1, -0.05) is 19.9 Å². The average molecular weight is 612 g/mol. The van der Waals surface area contributed by atoms with Crippen LogP contribution in [0.15, 0.2) is 47.4 Å². The standard InChI is InChI=1S/C34H40F3N3O4/c1-19(2)10-29(40-16-23(6-7-30(40)41)8-9-39-17-26(36)18-39)34(44)38-28(15-31(42)43)27-14-24(11-22(5)33(27)37)32-20(3)12-25(35)13-21(32)4/h6-7,11-14,16,19,26,28-29H,8-10,15,17-18H2,1-5H3,(H,38,44)(H,42,43). The van der Waals surface area contributed by atoms with Crippen molar-refractivity contribution in [3.8, 4) is 11.1 Å². The number of carboxylic acid groups (broad SMARTS) is 1. The molecule has 1 aliphatic heterocycles. The van der Waals surface area contributed by atoms with Crippen molar-refractivity contribution in [3.05, 3.63) is 92.4 Å². The van der Waals surface area contributed by atoms with Gasteiger partial charge in [-0.05, 0) is 97.2 Å². The van der Waals surface area contributed by atoms with Crippen LogP contribution in [0.4, 0.5) is 13.2 Å². The van der Waals surface area contributed by atoms with Crippen LogP contribution in [0.5, 0.6) is 0 Å². The minimum atomic E-state index is -1.24. The molecule has 0 bridgehead atoms. The first-order valence-electron chi connectivity index (χ1n) is 14.9. The van der Waals surface area contributed by atoms with E-state index in [4.69, 9.17) is 0 Å². The van der Waals surface area contributed by atoms with Gasteiger partial charge in [0.2, 0.25) is 5.91 Å². The first-order valence-corrected chi connectivity index (χ1v) is 14.9. The molecule has 7 nitrogen and oxygen atoms in total. The molecule has 236 valence electrons. The number of hydrogen-bond acceptors (Lipinski definition) is 4. The third-order valence-corrected chi connectivity index (χ3v) is 8.10. The van der Waals surface area contributed by atoms with Crippen molar-refractivity contribution in [1.29, 1.82) is 0 Å². The fourth-order valence-electron chi connectivity index (χ4n) is 5.95. The van der Waals surface area contributed by atoms with E-state index in [0.29, 0.717) is 48.3 Å². The number of nitrogens with zero attached hydrogens (tertiary/aromatic N) is 2. The lowest BCUT2D eigenvalue weighted by Gasteiger charge is -2.34. The minimum absolute atomic E-state index is 0.00598. The predicted octanol–water partition coefficient (Wildman–Crippen LogP) is 5.83. The molecule has 1 saturated heterocycles. The molecule has 0 saturated carbocycles. The van der Waals surface area contributed by atoms with Gasteiger partial charge in [0, 0.05) is 37.5 Å². The Kier molecular flexibility index (Phi) is 10.3. The van der Waals surface area contributed by atoms with Crippen molar-refractivity contribution in [2.45, 2.75) is 72.1 Å². The molecule has 0 radical (unpaired) electrons. The van der Waals surface area contributed by atoms with Gasteiger partial charge in [-0.3, -0.25) is 19.3 Å². The number of aliphatic carboxylic acids is 1. The summed E-state index contributed by atoms with van der Waals surface area (Å²) >= 11 is 0. The third kappa shape index (κ3) is 7.77. The normalized spacial score (nSPS) is 15.2. The summed E-state index contributed by atoms with van der Waals surface area (Å²) in [7, 11) is 0. The van der Waals surface area contributed by atoms with E-state index in [1.54, 1.807) is 39.1 Å². The Bertz CT molecular complexity index is 1570. The molecule has 10 heteroatoms. The fraction of sp³-hybridized carbons (Fsp3) is 0.441. The van der Waals surface area contributed by atoms with Crippen molar-refractivity contribution < 1.29 is 27.9 Å². The maximum absolute atomic E-state index is 15.7. The lowest BCUT2D eigenvalue weighted by atomic mass is 9.90. The lowest BCUT2D eigenvalue weighted by Crippen LogP contribution is -2.49. The number of aromatic nitrogens is 1. The van der Waals surface area contributed by atoms with Crippen molar-refractivity contribution >= 4 is 11.9 Å². The summed E-state index contributed by atoms with van der Waals surface area (Å²) in [6.45, 7) is 10.2. The zero-order valence-electron chi connectivity index (χ0n) is 25.8. The molecule has 0 aliphatic carbocycles. The molecule has 2 unspecified atom stereocenters. The van der Waals surface area contributed by atoms with Crippen LogP contribution in [0, 0.1) is 38.3 Å². The Labute approximate surface area is 255 Å². The van der Waals surface area contributed by atoms with Gasteiger partial charge < -0.3 is 15.0 Å². The second-order valence-corrected chi connectivity index (χ2v) is 12.3. The van der Waals surface area contributed by atoms with Crippen LogP contribution in [-0.4, -0.2) is 52.3 Å². The van der Waals surface area contributed by atoms with E-state index in [-0.39, 0.29) is 23.5 Å². The summed E-state index contributed by atoms with van der Waals surface area (Å²) in [5, 5.41) is 12.5. The number of halogens is 3. The Morgan fingerprint density at radius 1 is 1.02 bits per heavy atom. The van der Waals surface area contributed by atoms with Crippen molar-refractivity contribution in [1.82, 2.24) is 14.8 Å². The number of hydrogen-bond donors (Lipinski definition) is 2. The van der Waals surface area contributed by atoms with Gasteiger partial charge in [0.1, 0.15) is 23.8 Å². The predicted molar refractivity (Wildman–Crippen MR) is 163 cm³/mol. The van der Waals surface area contributed by atoms with Crippen LogP contribution in [0.2, 0.25) is 0 Å². The second kappa shape index (κ2) is 13.8. The van der Waals surface area contributed by atoms with Crippen LogP contribution in [0.1, 0.15) is 66.6 Å². The van der Waals surface area contributed by atoms with Crippen molar-refractivity contribution in [2.24, 2.45) is 5.92 Å². The number of amides is 1. The zero-order chi connectivity index (χ0) is 32.3. The molecule has 2 aromatic carbocycles. The number of carbonyl (C=O) groups excluding carboxylic acids is 1. The Hall–Kier alpha value is -3.92. The zero-order valence-corrected chi connectivity index (χ0v) is 25.8. The SMILES string of the molecule is Cc1cc(-c2c(C)cc(F)cc2C)cc(C(CC(=O)O)NC(=O)C(CC(C)C)n2cc(CCN3CC(F)C3)ccc2=O)c1F. The maximum Gasteiger partial charge on any atom is 0.305 e. The number of alkyl halides is 1. The monoisotopic (exact) mass is 611 g/mol. The molecule has 1 aromatic heterocycles. The molecular weight excluding hydrogens is 571 g/mol. The van der Waals surface area contributed by atoms with E-state index in [9.17, 15) is 28.3 Å². The summed E-state index contributed by atoms with van der Waals surface area (Å²) in [5.74, 6) is -2.91. The van der Waals surface area contributed by atoms with Crippen LogP contribution >= 0.6 is 0 Å². The van der Waals surface area contributed by atoms with Gasteiger partial charge >= 0.3 is 5.97 Å². The maximum atomic E-state index is 15.7. The number of nitrogens with one attached hydrogen (secondary N) is 1. The number of carboxylic acids is 1. The average Bonchev–Trinajstić information content (AvgIpc) is 2.90. The molecule has 0 spiro atoms. The van der Waals surface area contributed by atoms with E-state index >= 15 is 4.39 Å². The lowest BCUT2D eigenvalue weighted by molar-refractivity contribution is -0.138. The number of benzene rings is 2. The van der Waals surface area contributed by atoms with Crippen molar-refractivity contribution in [3.63, 3.8) is 0 Å². The number of aryl methyl sites for hydroxylation is 3. The highest BCUT2D eigenvalue weighted by Gasteiger charge is 2.30. The minimum Gasteiger partial charge on any atom is -0.481 e. The fourth-order valence-corrected chi connectivity index (χ4v) is 5.95. The molecule has 44 heavy (non-hydrogen) atoms. The van der Waals surface area contributed by atoms with Crippen LogP contribution in [-0.2, 0) is 16.0 Å². The quantitative estimate of drug-likeness (QED) is 0.269. The van der Waals surface area contributed by atoms with Crippen LogP contribution in [0.3, 0.4) is 0 Å². The van der Waals surface area contributed by atoms with Gasteiger partial charge in [0.25, 0.3) is 5.56 Å². The number of carbonyl (C=O) groups is 2. The molecular formula is C34H40F3N3O4. The topological polar surface area (TPSA) is 91.6 Å². The Morgan fingerprint density at radius 2 is 1.68 bits per heavy atom. The molecule has 3 aromatic rings. The van der Waals surface area contributed by atoms with E-state index in [1.807, 2.05) is 18.7 Å². The Morgan fingerprint density at radius 3 is 2.27 bits per heavy atom. The highest BCUT2D eigenvalue weighted by atomic mass is 19.1. The largest absolute Gasteiger partial charge is 0.481 e. The van der Waals surface area contributed by atoms with E-state index in [2.05, 4.69) is 5.32 Å². The number of rotatable bonds is 12. The number of pyridine rings is 1. The van der Waals surface area contributed by atoms with Gasteiger partial charge in [0.15, 0.2) is 0 Å². The Balaban J connectivity index is 1.69. The molecule has 2 atom stereocenters. The summed E-state index contributed by atoms with van der Waals surface area (Å²) in [4.78, 5) is 40.8. The molecule has 1 fully saturated rings. The van der Waals surface area contributed by atoms with Crippen LogP contribution in [0.25, 0.3) is 11.1 Å². The van der Waals surface area contributed by atoms with Crippen molar-refractivity contribution in [2.75, 3.05) is 19.6 Å². The van der Waals surface area contributed by atoms with E-state index in [0.717, 1.165) is 5.56 Å². The molecule has 1 aliphatic rings. The molecule has 1 amide bonds. The molecule has 2 N–H and O–H groups in total. The first-order chi connectivity index (χ1) is 20.7. The summed E-state index contributed by atoms with van der Waals surface area (Å²) in [6, 6.07) is 6.73. The molecule has 2 heterocycles. The summed E-state index contributed by atoms with van der Waals surface area (Å²) in [6.07, 6.45) is 1.05. The number of likely N-dealkylation sites (tertiary alicyclic amines) is 1. The first kappa shape index (κ1) is 33.0. The highest BCUT2D eigenvalue weighted by molar-refractivity contribution is 5.82. The van der Waals surface area contributed by atoms with Gasteiger partial charge in [-0.15, -0.1) is 0 Å². The van der Waals surface area contributed by atoms with Gasteiger partial charge in [-0.25, -0.2) is 13.2 Å². The van der Waals surface area contributed by atoms with E-state index < -0.39 is 53.7 Å². The van der Waals surface area contributed by atoms with Crippen LogP contribution < -0.4 is 10.9 Å². The van der Waals surface area contributed by atoms with E-state index in [1.165, 1.54) is 28.8 Å². The third-order valence-electron chi connectivity index (χ3n) is 8.10. The van der Waals surface area contributed by atoms with Gasteiger partial charge in [-0.2, -0.15) is 0 Å². The summed E-state index contributed by atoms with van der Waals surface area (Å²) in [5.41, 5.74) is 3.16.